The van der Waals surface area contributed by atoms with Crippen molar-refractivity contribution in [1.29, 1.82) is 5.26 Å². The van der Waals surface area contributed by atoms with E-state index in [1.165, 1.54) is 6.07 Å². The number of nitrogens with zero attached hydrogens (tertiary/aromatic N) is 2. The Morgan fingerprint density at radius 1 is 1.22 bits per heavy atom. The lowest BCUT2D eigenvalue weighted by Crippen LogP contribution is -2.34. The van der Waals surface area contributed by atoms with E-state index < -0.39 is 11.6 Å². The molecule has 1 amide bonds. The van der Waals surface area contributed by atoms with E-state index in [2.05, 4.69) is 5.32 Å². The van der Waals surface area contributed by atoms with Crippen molar-refractivity contribution in [2.24, 2.45) is 5.92 Å². The first-order chi connectivity index (χ1) is 13.0. The zero-order valence-corrected chi connectivity index (χ0v) is 14.6. The standard InChI is InChI=1S/C20H19F2N3O2/c21-18-6-3-16(9-19(18)22)25-8-7-15(12-25)11-24-20(26)13-27-17-4-1-14(10-23)2-5-17/h1-6,9,15H,7-8,11-13H2,(H,24,26). The molecule has 3 rings (SSSR count). The van der Waals surface area contributed by atoms with Crippen molar-refractivity contribution in [1.82, 2.24) is 5.32 Å². The molecule has 1 atom stereocenters. The predicted molar refractivity (Wildman–Crippen MR) is 96.3 cm³/mol. The summed E-state index contributed by atoms with van der Waals surface area (Å²) in [7, 11) is 0. The molecule has 1 aliphatic heterocycles. The Kier molecular flexibility index (Phi) is 5.87. The minimum atomic E-state index is -0.857. The third-order valence-electron chi connectivity index (χ3n) is 4.50. The Morgan fingerprint density at radius 3 is 2.70 bits per heavy atom. The Bertz CT molecular complexity index is 849. The van der Waals surface area contributed by atoms with Gasteiger partial charge in [0, 0.05) is 31.4 Å². The molecule has 2 aromatic rings. The van der Waals surface area contributed by atoms with Crippen LogP contribution < -0.4 is 15.0 Å². The van der Waals surface area contributed by atoms with Gasteiger partial charge >= 0.3 is 0 Å². The number of nitrogens with one attached hydrogen (secondary N) is 1. The maximum atomic E-state index is 13.4. The third-order valence-corrected chi connectivity index (χ3v) is 4.50. The number of hydrogen-bond acceptors (Lipinski definition) is 4. The van der Waals surface area contributed by atoms with Crippen LogP contribution >= 0.6 is 0 Å². The lowest BCUT2D eigenvalue weighted by molar-refractivity contribution is -0.123. The van der Waals surface area contributed by atoms with Crippen molar-refractivity contribution in [2.45, 2.75) is 6.42 Å². The molecule has 1 aliphatic rings. The molecule has 7 heteroatoms. The summed E-state index contributed by atoms with van der Waals surface area (Å²) in [5, 5.41) is 11.6. The molecule has 0 aromatic heterocycles. The minimum Gasteiger partial charge on any atom is -0.484 e. The van der Waals surface area contributed by atoms with E-state index in [9.17, 15) is 13.6 Å². The predicted octanol–water partition coefficient (Wildman–Crippen LogP) is 2.86. The number of ether oxygens (including phenoxy) is 1. The SMILES string of the molecule is N#Cc1ccc(OCC(=O)NCC2CCN(c3ccc(F)c(F)c3)C2)cc1. The summed E-state index contributed by atoms with van der Waals surface area (Å²) < 4.78 is 31.8. The van der Waals surface area contributed by atoms with Crippen LogP contribution in [0.4, 0.5) is 14.5 Å². The molecule has 0 saturated carbocycles. The molecule has 0 radical (unpaired) electrons. The zero-order chi connectivity index (χ0) is 19.2. The molecule has 0 spiro atoms. The number of rotatable bonds is 6. The number of hydrogen-bond donors (Lipinski definition) is 1. The van der Waals surface area contributed by atoms with Gasteiger partial charge in [-0.1, -0.05) is 0 Å². The molecule has 0 aliphatic carbocycles. The Hall–Kier alpha value is -3.14. The second kappa shape index (κ2) is 8.49. The Labute approximate surface area is 156 Å². The quantitative estimate of drug-likeness (QED) is 0.848. The molecule has 2 aromatic carbocycles. The molecule has 1 heterocycles. The van der Waals surface area contributed by atoms with Crippen LogP contribution in [0.1, 0.15) is 12.0 Å². The fourth-order valence-electron chi connectivity index (χ4n) is 3.00. The van der Waals surface area contributed by atoms with Crippen LogP contribution in [0, 0.1) is 28.9 Å². The van der Waals surface area contributed by atoms with Gasteiger partial charge in [-0.15, -0.1) is 0 Å². The van der Waals surface area contributed by atoms with Crippen molar-refractivity contribution >= 4 is 11.6 Å². The fourth-order valence-corrected chi connectivity index (χ4v) is 3.00. The zero-order valence-electron chi connectivity index (χ0n) is 14.6. The second-order valence-corrected chi connectivity index (χ2v) is 6.43. The van der Waals surface area contributed by atoms with Crippen LogP contribution in [0.3, 0.4) is 0 Å². The van der Waals surface area contributed by atoms with Gasteiger partial charge in [0.2, 0.25) is 0 Å². The smallest absolute Gasteiger partial charge is 0.257 e. The van der Waals surface area contributed by atoms with E-state index in [4.69, 9.17) is 10.00 Å². The summed E-state index contributed by atoms with van der Waals surface area (Å²) in [6.07, 6.45) is 0.857. The van der Waals surface area contributed by atoms with Crippen molar-refractivity contribution in [3.05, 3.63) is 59.7 Å². The molecule has 5 nitrogen and oxygen atoms in total. The number of nitriles is 1. The van der Waals surface area contributed by atoms with Crippen LogP contribution in [0.2, 0.25) is 0 Å². The number of anilines is 1. The highest BCUT2D eigenvalue weighted by atomic mass is 19.2. The van der Waals surface area contributed by atoms with Gasteiger partial charge in [0.05, 0.1) is 11.6 Å². The first kappa shape index (κ1) is 18.6. The molecule has 0 bridgehead atoms. The molecule has 1 unspecified atom stereocenters. The highest BCUT2D eigenvalue weighted by Crippen LogP contribution is 2.25. The van der Waals surface area contributed by atoms with E-state index in [-0.39, 0.29) is 18.4 Å². The van der Waals surface area contributed by atoms with Crippen molar-refractivity contribution in [2.75, 3.05) is 31.1 Å². The van der Waals surface area contributed by atoms with Gasteiger partial charge in [-0.3, -0.25) is 4.79 Å². The van der Waals surface area contributed by atoms with E-state index in [0.29, 0.717) is 30.1 Å². The summed E-state index contributed by atoms with van der Waals surface area (Å²) >= 11 is 0. The summed E-state index contributed by atoms with van der Waals surface area (Å²) in [6.45, 7) is 1.79. The Morgan fingerprint density at radius 2 is 2.00 bits per heavy atom. The van der Waals surface area contributed by atoms with Gasteiger partial charge in [-0.2, -0.15) is 5.26 Å². The average molecular weight is 371 g/mol. The van der Waals surface area contributed by atoms with Crippen LogP contribution in [-0.4, -0.2) is 32.1 Å². The number of carbonyl (C=O) groups excluding carboxylic acids is 1. The largest absolute Gasteiger partial charge is 0.484 e. The number of amides is 1. The molecule has 1 N–H and O–H groups in total. The van der Waals surface area contributed by atoms with Crippen LogP contribution in [0.15, 0.2) is 42.5 Å². The van der Waals surface area contributed by atoms with Gasteiger partial charge in [0.1, 0.15) is 5.75 Å². The topological polar surface area (TPSA) is 65.4 Å². The molecular formula is C20H19F2N3O2. The number of benzene rings is 2. The molecular weight excluding hydrogens is 352 g/mol. The molecule has 140 valence electrons. The first-order valence-electron chi connectivity index (χ1n) is 8.65. The summed E-state index contributed by atoms with van der Waals surface area (Å²) in [5.74, 6) is -1.19. The van der Waals surface area contributed by atoms with Gasteiger partial charge in [-0.25, -0.2) is 8.78 Å². The van der Waals surface area contributed by atoms with Gasteiger partial charge in [0.15, 0.2) is 18.2 Å². The fraction of sp³-hybridized carbons (Fsp3) is 0.300. The first-order valence-corrected chi connectivity index (χ1v) is 8.65. The maximum Gasteiger partial charge on any atom is 0.257 e. The molecule has 27 heavy (non-hydrogen) atoms. The number of carbonyl (C=O) groups is 1. The van der Waals surface area contributed by atoms with E-state index in [0.717, 1.165) is 19.0 Å². The van der Waals surface area contributed by atoms with Gasteiger partial charge < -0.3 is 15.0 Å². The minimum absolute atomic E-state index is 0.106. The van der Waals surface area contributed by atoms with E-state index in [1.54, 1.807) is 30.3 Å². The Balaban J connectivity index is 1.41. The van der Waals surface area contributed by atoms with Crippen molar-refractivity contribution < 1.29 is 18.3 Å². The van der Waals surface area contributed by atoms with Gasteiger partial charge in [0.25, 0.3) is 5.91 Å². The van der Waals surface area contributed by atoms with Gasteiger partial charge in [-0.05, 0) is 48.7 Å². The monoisotopic (exact) mass is 371 g/mol. The summed E-state index contributed by atoms with van der Waals surface area (Å²) in [4.78, 5) is 13.9. The third kappa shape index (κ3) is 4.94. The highest BCUT2D eigenvalue weighted by Gasteiger charge is 2.23. The maximum absolute atomic E-state index is 13.4. The normalized spacial score (nSPS) is 16.0. The number of halogens is 2. The highest BCUT2D eigenvalue weighted by molar-refractivity contribution is 5.77. The summed E-state index contributed by atoms with van der Waals surface area (Å²) in [6, 6.07) is 12.4. The van der Waals surface area contributed by atoms with Crippen LogP contribution in [0.5, 0.6) is 5.75 Å². The van der Waals surface area contributed by atoms with Crippen molar-refractivity contribution in [3.8, 4) is 11.8 Å². The van der Waals surface area contributed by atoms with E-state index in [1.807, 2.05) is 11.0 Å². The van der Waals surface area contributed by atoms with Crippen LogP contribution in [0.25, 0.3) is 0 Å². The lowest BCUT2D eigenvalue weighted by Gasteiger charge is -2.19. The average Bonchev–Trinajstić information content (AvgIpc) is 3.16. The van der Waals surface area contributed by atoms with E-state index >= 15 is 0 Å². The lowest BCUT2D eigenvalue weighted by atomic mass is 10.1. The molecule has 1 fully saturated rings. The second-order valence-electron chi connectivity index (χ2n) is 6.43. The molecule has 1 saturated heterocycles. The summed E-state index contributed by atoms with van der Waals surface area (Å²) in [5.41, 5.74) is 1.17. The van der Waals surface area contributed by atoms with Crippen molar-refractivity contribution in [3.63, 3.8) is 0 Å². The van der Waals surface area contributed by atoms with Crippen LogP contribution in [-0.2, 0) is 4.79 Å².